The highest BCUT2D eigenvalue weighted by Crippen LogP contribution is 2.38. The molecule has 4 nitrogen and oxygen atoms in total. The number of methoxy groups -OCH3 is 1. The van der Waals surface area contributed by atoms with Crippen molar-refractivity contribution in [3.05, 3.63) is 35.0 Å². The molecule has 1 aromatic carbocycles. The Kier molecular flexibility index (Phi) is 3.34. The molecule has 19 heavy (non-hydrogen) atoms. The maximum atomic E-state index is 11.2. The second kappa shape index (κ2) is 4.80. The Bertz CT molecular complexity index is 642. The predicted molar refractivity (Wildman–Crippen MR) is 76.7 cm³/mol. The molecular formula is C15H18N2O2. The predicted octanol–water partition coefficient (Wildman–Crippen LogP) is 2.71. The number of benzene rings is 1. The number of carbonyl (C=O) groups excluding carboxylic acids is 1. The normalized spacial score (nSPS) is 10.5. The van der Waals surface area contributed by atoms with Crippen LogP contribution in [-0.2, 0) is 7.05 Å². The van der Waals surface area contributed by atoms with Gasteiger partial charge in [0, 0.05) is 23.9 Å². The molecule has 2 aromatic rings. The zero-order valence-electron chi connectivity index (χ0n) is 11.7. The molecule has 0 aliphatic heterocycles. The Balaban J connectivity index is 2.80. The molecule has 0 amide bonds. The number of ether oxygens (including phenoxy) is 1. The lowest BCUT2D eigenvalue weighted by Gasteiger charge is -2.13. The van der Waals surface area contributed by atoms with Crippen LogP contribution in [0.4, 0.5) is 5.69 Å². The number of rotatable bonds is 3. The molecule has 0 spiro atoms. The minimum absolute atomic E-state index is 0.589. The van der Waals surface area contributed by atoms with E-state index in [9.17, 15) is 4.79 Å². The van der Waals surface area contributed by atoms with Gasteiger partial charge in [0.15, 0.2) is 12.0 Å². The summed E-state index contributed by atoms with van der Waals surface area (Å²) in [4.78, 5) is 11.2. The summed E-state index contributed by atoms with van der Waals surface area (Å²) in [7, 11) is 3.54. The Labute approximate surface area is 112 Å². The summed E-state index contributed by atoms with van der Waals surface area (Å²) in [6.45, 7) is 3.87. The first-order valence-corrected chi connectivity index (χ1v) is 6.06. The van der Waals surface area contributed by atoms with Crippen LogP contribution in [0, 0.1) is 13.8 Å². The van der Waals surface area contributed by atoms with Gasteiger partial charge in [-0.25, -0.2) is 0 Å². The molecule has 1 aromatic heterocycles. The van der Waals surface area contributed by atoms with E-state index < -0.39 is 0 Å². The lowest BCUT2D eigenvalue weighted by Crippen LogP contribution is -1.99. The molecule has 2 N–H and O–H groups in total. The number of nitrogen functional groups attached to an aromatic ring is 1. The number of hydrogen-bond donors (Lipinski definition) is 1. The van der Waals surface area contributed by atoms with Crippen molar-refractivity contribution in [2.24, 2.45) is 7.05 Å². The van der Waals surface area contributed by atoms with E-state index >= 15 is 0 Å². The van der Waals surface area contributed by atoms with Gasteiger partial charge < -0.3 is 15.0 Å². The molecule has 0 fully saturated rings. The third kappa shape index (κ3) is 1.89. The second-order valence-electron chi connectivity index (χ2n) is 4.58. The molecule has 2 rings (SSSR count). The number of nitrogens with zero attached hydrogens (tertiary/aromatic N) is 1. The number of para-hydroxylation sites is 1. The number of carbonyl (C=O) groups is 1. The molecule has 4 heteroatoms. The zero-order valence-corrected chi connectivity index (χ0v) is 11.7. The largest absolute Gasteiger partial charge is 0.494 e. The third-order valence-corrected chi connectivity index (χ3v) is 3.61. The highest BCUT2D eigenvalue weighted by atomic mass is 16.5. The number of nitrogens with two attached hydrogens (primary N) is 1. The number of aromatic nitrogens is 1. The van der Waals surface area contributed by atoms with E-state index in [-0.39, 0.29) is 0 Å². The topological polar surface area (TPSA) is 57.2 Å². The van der Waals surface area contributed by atoms with E-state index in [4.69, 9.17) is 10.5 Å². The first-order valence-electron chi connectivity index (χ1n) is 6.06. The van der Waals surface area contributed by atoms with Crippen molar-refractivity contribution >= 4 is 12.0 Å². The maximum Gasteiger partial charge on any atom is 0.152 e. The van der Waals surface area contributed by atoms with Crippen molar-refractivity contribution in [1.29, 1.82) is 0 Å². The number of hydrogen-bond acceptors (Lipinski definition) is 3. The van der Waals surface area contributed by atoms with Gasteiger partial charge in [-0.15, -0.1) is 0 Å². The molecule has 0 saturated heterocycles. The molecule has 0 saturated carbocycles. The molecule has 0 unspecified atom stereocenters. The summed E-state index contributed by atoms with van der Waals surface area (Å²) in [6, 6.07) is 5.63. The van der Waals surface area contributed by atoms with Crippen molar-refractivity contribution in [3.8, 4) is 17.0 Å². The summed E-state index contributed by atoms with van der Waals surface area (Å²) in [5.41, 5.74) is 11.0. The van der Waals surface area contributed by atoms with Crippen LogP contribution in [0.25, 0.3) is 11.3 Å². The highest BCUT2D eigenvalue weighted by molar-refractivity contribution is 5.87. The fraction of sp³-hybridized carbons (Fsp3) is 0.267. The van der Waals surface area contributed by atoms with E-state index in [0.717, 1.165) is 34.4 Å². The molecular weight excluding hydrogens is 240 g/mol. The van der Waals surface area contributed by atoms with E-state index in [1.165, 1.54) is 0 Å². The van der Waals surface area contributed by atoms with Gasteiger partial charge in [0.25, 0.3) is 0 Å². The number of aldehydes is 1. The Morgan fingerprint density at radius 3 is 2.53 bits per heavy atom. The van der Waals surface area contributed by atoms with Crippen molar-refractivity contribution in [3.63, 3.8) is 0 Å². The third-order valence-electron chi connectivity index (χ3n) is 3.61. The standard InChI is InChI=1S/C15H18N2O2/c1-9-12(8-18)10(2)17(3)14(9)11-6-5-7-13(16)15(11)19-4/h5-8H,16H2,1-4H3. The van der Waals surface area contributed by atoms with Crippen LogP contribution in [0.1, 0.15) is 21.6 Å². The van der Waals surface area contributed by atoms with Crippen LogP contribution in [0.5, 0.6) is 5.75 Å². The van der Waals surface area contributed by atoms with Gasteiger partial charge in [-0.1, -0.05) is 6.07 Å². The lowest BCUT2D eigenvalue weighted by molar-refractivity contribution is 0.112. The van der Waals surface area contributed by atoms with Gasteiger partial charge in [-0.2, -0.15) is 0 Å². The fourth-order valence-corrected chi connectivity index (χ4v) is 2.52. The zero-order chi connectivity index (χ0) is 14.2. The molecule has 0 atom stereocenters. The van der Waals surface area contributed by atoms with E-state index in [0.29, 0.717) is 11.4 Å². The van der Waals surface area contributed by atoms with Gasteiger partial charge in [-0.05, 0) is 31.5 Å². The van der Waals surface area contributed by atoms with Crippen molar-refractivity contribution in [1.82, 2.24) is 4.57 Å². The van der Waals surface area contributed by atoms with Crippen LogP contribution in [0.3, 0.4) is 0 Å². The van der Waals surface area contributed by atoms with Crippen LogP contribution >= 0.6 is 0 Å². The molecule has 0 aliphatic rings. The Morgan fingerprint density at radius 2 is 2.00 bits per heavy atom. The smallest absolute Gasteiger partial charge is 0.152 e. The lowest BCUT2D eigenvalue weighted by atomic mass is 10.0. The van der Waals surface area contributed by atoms with Crippen LogP contribution in [0.15, 0.2) is 18.2 Å². The van der Waals surface area contributed by atoms with Gasteiger partial charge in [0.2, 0.25) is 0 Å². The molecule has 1 heterocycles. The van der Waals surface area contributed by atoms with Crippen LogP contribution < -0.4 is 10.5 Å². The van der Waals surface area contributed by atoms with Crippen molar-refractivity contribution in [2.75, 3.05) is 12.8 Å². The Hall–Kier alpha value is -2.23. The molecule has 0 aliphatic carbocycles. The average Bonchev–Trinajstić information content (AvgIpc) is 2.60. The molecule has 0 radical (unpaired) electrons. The SMILES string of the molecule is COc1c(N)cccc1-c1c(C)c(C=O)c(C)n1C. The average molecular weight is 258 g/mol. The van der Waals surface area contributed by atoms with Crippen molar-refractivity contribution < 1.29 is 9.53 Å². The molecule has 100 valence electrons. The number of anilines is 1. The summed E-state index contributed by atoms with van der Waals surface area (Å²) in [6.07, 6.45) is 0.896. The summed E-state index contributed by atoms with van der Waals surface area (Å²) < 4.78 is 7.39. The van der Waals surface area contributed by atoms with Crippen molar-refractivity contribution in [2.45, 2.75) is 13.8 Å². The van der Waals surface area contributed by atoms with E-state index in [2.05, 4.69) is 0 Å². The van der Waals surface area contributed by atoms with Gasteiger partial charge in [0.1, 0.15) is 0 Å². The summed E-state index contributed by atoms with van der Waals surface area (Å²) in [5, 5.41) is 0. The highest BCUT2D eigenvalue weighted by Gasteiger charge is 2.19. The monoisotopic (exact) mass is 258 g/mol. The van der Waals surface area contributed by atoms with Crippen LogP contribution in [0.2, 0.25) is 0 Å². The second-order valence-corrected chi connectivity index (χ2v) is 4.58. The van der Waals surface area contributed by atoms with Crippen LogP contribution in [-0.4, -0.2) is 18.0 Å². The van der Waals surface area contributed by atoms with E-state index in [1.54, 1.807) is 13.2 Å². The maximum absolute atomic E-state index is 11.2. The van der Waals surface area contributed by atoms with Gasteiger partial charge >= 0.3 is 0 Å². The summed E-state index contributed by atoms with van der Waals surface area (Å²) >= 11 is 0. The minimum atomic E-state index is 0.589. The molecule has 0 bridgehead atoms. The minimum Gasteiger partial charge on any atom is -0.494 e. The fourth-order valence-electron chi connectivity index (χ4n) is 2.52. The Morgan fingerprint density at radius 1 is 1.32 bits per heavy atom. The quantitative estimate of drug-likeness (QED) is 0.680. The van der Waals surface area contributed by atoms with E-state index in [1.807, 2.05) is 37.6 Å². The first kappa shape index (κ1) is 13.2. The van der Waals surface area contributed by atoms with Gasteiger partial charge in [0.05, 0.1) is 18.5 Å². The van der Waals surface area contributed by atoms with Gasteiger partial charge in [-0.3, -0.25) is 4.79 Å². The summed E-state index contributed by atoms with van der Waals surface area (Å²) in [5.74, 6) is 0.642. The first-order chi connectivity index (χ1) is 9.02.